The van der Waals surface area contributed by atoms with Gasteiger partial charge in [-0.3, -0.25) is 4.99 Å². The molecule has 6 heteroatoms. The molecule has 0 aliphatic rings. The molecule has 0 spiro atoms. The lowest BCUT2D eigenvalue weighted by Crippen LogP contribution is -2.37. The van der Waals surface area contributed by atoms with Crippen molar-refractivity contribution in [3.8, 4) is 0 Å². The smallest absolute Gasteiger partial charge is 0.191 e. The molecule has 0 unspecified atom stereocenters. The summed E-state index contributed by atoms with van der Waals surface area (Å²) in [6.07, 6.45) is 2.16. The summed E-state index contributed by atoms with van der Waals surface area (Å²) < 4.78 is 23.4. The third kappa shape index (κ3) is 5.59. The second kappa shape index (κ2) is 8.85. The number of nitrogens with one attached hydrogen (secondary N) is 2. The van der Waals surface area contributed by atoms with Crippen LogP contribution in [0.25, 0.3) is 0 Å². The Morgan fingerprint density at radius 3 is 2.38 bits per heavy atom. The van der Waals surface area contributed by atoms with E-state index in [1.165, 1.54) is 17.4 Å². The zero-order valence-electron chi connectivity index (χ0n) is 15.8. The summed E-state index contributed by atoms with van der Waals surface area (Å²) in [4.78, 5) is 4.61. The average molecular weight is 374 g/mol. The lowest BCUT2D eigenvalue weighted by atomic mass is 10.1. The first-order valence-corrected chi connectivity index (χ1v) is 10.5. The zero-order chi connectivity index (χ0) is 19.2. The number of rotatable bonds is 6. The molecular formula is C20H27N3O2S. The highest BCUT2D eigenvalue weighted by Gasteiger charge is 2.11. The molecule has 0 saturated carbocycles. The average Bonchev–Trinajstić information content (AvgIpc) is 2.58. The molecule has 0 amide bonds. The summed E-state index contributed by atoms with van der Waals surface area (Å²) in [5.74, 6) is 0.725. The van der Waals surface area contributed by atoms with Crippen LogP contribution in [-0.2, 0) is 22.8 Å². The SMILES string of the molecule is CN=C(NCCc1ccccc1C)NCc1ccc(S(C)(=O)=O)c(C)c1. The van der Waals surface area contributed by atoms with Crippen LogP contribution in [0.3, 0.4) is 0 Å². The van der Waals surface area contributed by atoms with Crippen molar-refractivity contribution in [3.05, 3.63) is 64.7 Å². The Kier molecular flexibility index (Phi) is 6.80. The maximum atomic E-state index is 11.7. The van der Waals surface area contributed by atoms with Gasteiger partial charge in [0.05, 0.1) is 4.90 Å². The molecule has 26 heavy (non-hydrogen) atoms. The van der Waals surface area contributed by atoms with Gasteiger partial charge < -0.3 is 10.6 Å². The summed E-state index contributed by atoms with van der Waals surface area (Å²) >= 11 is 0. The van der Waals surface area contributed by atoms with E-state index in [0.717, 1.165) is 30.1 Å². The van der Waals surface area contributed by atoms with Gasteiger partial charge in [-0.15, -0.1) is 0 Å². The monoisotopic (exact) mass is 373 g/mol. The Bertz CT molecular complexity index is 890. The van der Waals surface area contributed by atoms with E-state index in [-0.39, 0.29) is 0 Å². The molecule has 2 aromatic rings. The predicted molar refractivity (Wildman–Crippen MR) is 107 cm³/mol. The molecule has 0 radical (unpaired) electrons. The van der Waals surface area contributed by atoms with Crippen molar-refractivity contribution in [2.45, 2.75) is 31.7 Å². The fraction of sp³-hybridized carbons (Fsp3) is 0.350. The van der Waals surface area contributed by atoms with Gasteiger partial charge in [-0.2, -0.15) is 0 Å². The van der Waals surface area contributed by atoms with Crippen LogP contribution in [0.2, 0.25) is 0 Å². The Hall–Kier alpha value is -2.34. The first-order chi connectivity index (χ1) is 12.3. The fourth-order valence-electron chi connectivity index (χ4n) is 2.85. The van der Waals surface area contributed by atoms with Crippen molar-refractivity contribution in [2.24, 2.45) is 4.99 Å². The van der Waals surface area contributed by atoms with Gasteiger partial charge in [0.1, 0.15) is 0 Å². The normalized spacial score (nSPS) is 12.1. The number of aryl methyl sites for hydroxylation is 2. The summed E-state index contributed by atoms with van der Waals surface area (Å²) in [6.45, 7) is 5.30. The maximum Gasteiger partial charge on any atom is 0.191 e. The highest BCUT2D eigenvalue weighted by Crippen LogP contribution is 2.16. The Balaban J connectivity index is 1.89. The second-order valence-electron chi connectivity index (χ2n) is 6.40. The molecular weight excluding hydrogens is 346 g/mol. The molecule has 5 nitrogen and oxygen atoms in total. The lowest BCUT2D eigenvalue weighted by molar-refractivity contribution is 0.601. The van der Waals surface area contributed by atoms with Gasteiger partial charge in [-0.1, -0.05) is 36.4 Å². The minimum atomic E-state index is -3.18. The van der Waals surface area contributed by atoms with Crippen molar-refractivity contribution in [3.63, 3.8) is 0 Å². The van der Waals surface area contributed by atoms with E-state index in [1.54, 1.807) is 13.1 Å². The zero-order valence-corrected chi connectivity index (χ0v) is 16.7. The van der Waals surface area contributed by atoms with Gasteiger partial charge in [-0.05, 0) is 48.6 Å². The summed E-state index contributed by atoms with van der Waals surface area (Å²) in [5.41, 5.74) is 4.38. The van der Waals surface area contributed by atoms with Gasteiger partial charge >= 0.3 is 0 Å². The van der Waals surface area contributed by atoms with Crippen LogP contribution in [0.15, 0.2) is 52.4 Å². The van der Waals surface area contributed by atoms with E-state index in [0.29, 0.717) is 11.4 Å². The van der Waals surface area contributed by atoms with Crippen molar-refractivity contribution in [1.29, 1.82) is 0 Å². The number of hydrogen-bond acceptors (Lipinski definition) is 3. The molecule has 0 atom stereocenters. The molecule has 0 heterocycles. The van der Waals surface area contributed by atoms with Crippen molar-refractivity contribution in [2.75, 3.05) is 19.8 Å². The molecule has 0 aromatic heterocycles. The summed E-state index contributed by atoms with van der Waals surface area (Å²) in [7, 11) is -1.45. The van der Waals surface area contributed by atoms with E-state index >= 15 is 0 Å². The molecule has 0 bridgehead atoms. The third-order valence-electron chi connectivity index (χ3n) is 4.27. The van der Waals surface area contributed by atoms with Crippen LogP contribution in [0.4, 0.5) is 0 Å². The lowest BCUT2D eigenvalue weighted by Gasteiger charge is -2.13. The number of hydrogen-bond donors (Lipinski definition) is 2. The standard InChI is InChI=1S/C20H27N3O2S/c1-15-7-5-6-8-18(15)11-12-22-20(21-3)23-14-17-9-10-19(16(2)13-17)26(4,24)25/h5-10,13H,11-12,14H2,1-4H3,(H2,21,22,23). The van der Waals surface area contributed by atoms with Crippen LogP contribution in [0.5, 0.6) is 0 Å². The molecule has 0 aliphatic carbocycles. The first-order valence-electron chi connectivity index (χ1n) is 8.60. The molecule has 2 rings (SSSR count). The van der Waals surface area contributed by atoms with E-state index in [9.17, 15) is 8.42 Å². The van der Waals surface area contributed by atoms with Gasteiger partial charge in [0.25, 0.3) is 0 Å². The number of aliphatic imine (C=N–C) groups is 1. The molecule has 0 saturated heterocycles. The van der Waals surface area contributed by atoms with Crippen LogP contribution in [-0.4, -0.2) is 34.2 Å². The minimum absolute atomic E-state index is 0.377. The number of sulfone groups is 1. The Labute approximate surface area is 156 Å². The minimum Gasteiger partial charge on any atom is -0.356 e. The van der Waals surface area contributed by atoms with E-state index in [1.807, 2.05) is 25.1 Å². The molecule has 2 N–H and O–H groups in total. The van der Waals surface area contributed by atoms with E-state index in [2.05, 4.69) is 40.7 Å². The van der Waals surface area contributed by atoms with E-state index < -0.39 is 9.84 Å². The van der Waals surface area contributed by atoms with Gasteiger partial charge in [0, 0.05) is 26.4 Å². The maximum absolute atomic E-state index is 11.7. The number of nitrogens with zero attached hydrogens (tertiary/aromatic N) is 1. The van der Waals surface area contributed by atoms with E-state index in [4.69, 9.17) is 0 Å². The second-order valence-corrected chi connectivity index (χ2v) is 8.39. The largest absolute Gasteiger partial charge is 0.356 e. The molecule has 0 aliphatic heterocycles. The third-order valence-corrected chi connectivity index (χ3v) is 5.53. The molecule has 0 fully saturated rings. The number of benzene rings is 2. The highest BCUT2D eigenvalue weighted by atomic mass is 32.2. The Morgan fingerprint density at radius 2 is 1.77 bits per heavy atom. The van der Waals surface area contributed by atoms with Crippen LogP contribution < -0.4 is 10.6 Å². The topological polar surface area (TPSA) is 70.6 Å². The van der Waals surface area contributed by atoms with Crippen molar-refractivity contribution >= 4 is 15.8 Å². The van der Waals surface area contributed by atoms with Crippen molar-refractivity contribution in [1.82, 2.24) is 10.6 Å². The molecule has 140 valence electrons. The number of guanidine groups is 1. The first kappa shape index (κ1) is 20.0. The quantitative estimate of drug-likeness (QED) is 0.603. The van der Waals surface area contributed by atoms with Crippen LogP contribution in [0, 0.1) is 13.8 Å². The van der Waals surface area contributed by atoms with Gasteiger partial charge in [0.15, 0.2) is 15.8 Å². The fourth-order valence-corrected chi connectivity index (χ4v) is 3.81. The summed E-state index contributed by atoms with van der Waals surface area (Å²) in [5, 5.41) is 6.57. The van der Waals surface area contributed by atoms with Gasteiger partial charge in [0.2, 0.25) is 0 Å². The van der Waals surface area contributed by atoms with Gasteiger partial charge in [-0.25, -0.2) is 8.42 Å². The highest BCUT2D eigenvalue weighted by molar-refractivity contribution is 7.90. The predicted octanol–water partition coefficient (Wildman–Crippen LogP) is 2.61. The van der Waals surface area contributed by atoms with Crippen LogP contribution >= 0.6 is 0 Å². The van der Waals surface area contributed by atoms with Crippen LogP contribution in [0.1, 0.15) is 22.3 Å². The van der Waals surface area contributed by atoms with Crippen molar-refractivity contribution < 1.29 is 8.42 Å². The molecule has 2 aromatic carbocycles. The summed E-state index contributed by atoms with van der Waals surface area (Å²) in [6, 6.07) is 13.7. The Morgan fingerprint density at radius 1 is 1.04 bits per heavy atom.